The molecule has 3 aromatic carbocycles. The number of benzene rings is 3. The molecule has 2 heterocycles. The molecule has 0 radical (unpaired) electrons. The summed E-state index contributed by atoms with van der Waals surface area (Å²) in [6.07, 6.45) is 3.19. The molecule has 38 heavy (non-hydrogen) atoms. The van der Waals surface area contributed by atoms with Crippen LogP contribution < -0.4 is 14.8 Å². The molecule has 2 fully saturated rings. The molecule has 1 atom stereocenters. The Hall–Kier alpha value is -3.40. The SMILES string of the molecule is COC[C@H]1CCCN1S(=O)(=O)c1ccc(-c2cccc(NC(=O)C3(c4ccc5c(c4)OCO5)CC3)c2)cc1.[HH]. The molecular weight excluding hydrogens is 504 g/mol. The Balaban J connectivity index is 0.00000308. The number of methoxy groups -OCH3 is 1. The minimum atomic E-state index is -3.59. The van der Waals surface area contributed by atoms with Gasteiger partial charge in [0.2, 0.25) is 22.7 Å². The minimum absolute atomic E-state index is 0. The minimum Gasteiger partial charge on any atom is -0.454 e. The van der Waals surface area contributed by atoms with Crippen molar-refractivity contribution >= 4 is 21.6 Å². The predicted octanol–water partition coefficient (Wildman–Crippen LogP) is 4.80. The van der Waals surface area contributed by atoms with E-state index < -0.39 is 15.4 Å². The summed E-state index contributed by atoms with van der Waals surface area (Å²) in [5.74, 6) is 1.32. The Labute approximate surface area is 224 Å². The summed E-state index contributed by atoms with van der Waals surface area (Å²) in [6.45, 7) is 1.10. The van der Waals surface area contributed by atoms with Crippen molar-refractivity contribution < 1.29 is 28.8 Å². The molecule has 0 unspecified atom stereocenters. The number of sulfonamides is 1. The zero-order chi connectivity index (χ0) is 26.3. The van der Waals surface area contributed by atoms with Gasteiger partial charge >= 0.3 is 0 Å². The Morgan fingerprint density at radius 1 is 1.05 bits per heavy atom. The number of hydrogen-bond acceptors (Lipinski definition) is 6. The maximum atomic E-state index is 13.3. The summed E-state index contributed by atoms with van der Waals surface area (Å²) in [7, 11) is -2.00. The number of nitrogens with zero attached hydrogens (tertiary/aromatic N) is 1. The molecule has 0 aromatic heterocycles. The van der Waals surface area contributed by atoms with E-state index in [2.05, 4.69) is 5.32 Å². The van der Waals surface area contributed by atoms with Crippen LogP contribution in [0.15, 0.2) is 71.6 Å². The second-order valence-corrected chi connectivity index (χ2v) is 12.0. The largest absolute Gasteiger partial charge is 0.454 e. The normalized spacial score (nSPS) is 19.9. The van der Waals surface area contributed by atoms with Crippen LogP contribution >= 0.6 is 0 Å². The molecule has 8 nitrogen and oxygen atoms in total. The van der Waals surface area contributed by atoms with Crippen LogP contribution in [0.2, 0.25) is 0 Å². The van der Waals surface area contributed by atoms with Crippen LogP contribution in [0.4, 0.5) is 5.69 Å². The van der Waals surface area contributed by atoms with Gasteiger partial charge in [-0.05, 0) is 78.8 Å². The maximum Gasteiger partial charge on any atom is 0.243 e. The van der Waals surface area contributed by atoms with Crippen molar-refractivity contribution in [1.82, 2.24) is 4.31 Å². The highest BCUT2D eigenvalue weighted by molar-refractivity contribution is 7.89. The third-order valence-corrected chi connectivity index (χ3v) is 9.67. The van der Waals surface area contributed by atoms with Gasteiger partial charge in [0.1, 0.15) is 0 Å². The van der Waals surface area contributed by atoms with Gasteiger partial charge in [-0.2, -0.15) is 4.31 Å². The molecule has 3 aliphatic rings. The molecule has 2 aliphatic heterocycles. The second-order valence-electron chi connectivity index (χ2n) is 10.1. The van der Waals surface area contributed by atoms with Crippen molar-refractivity contribution in [2.24, 2.45) is 0 Å². The van der Waals surface area contributed by atoms with Crippen LogP contribution in [-0.4, -0.2) is 51.7 Å². The van der Waals surface area contributed by atoms with Crippen LogP contribution in [0.1, 0.15) is 32.7 Å². The van der Waals surface area contributed by atoms with E-state index in [9.17, 15) is 13.2 Å². The number of carbonyl (C=O) groups excluding carboxylic acids is 1. The highest BCUT2D eigenvalue weighted by Gasteiger charge is 2.51. The zero-order valence-electron chi connectivity index (χ0n) is 21.2. The van der Waals surface area contributed by atoms with Crippen molar-refractivity contribution in [2.75, 3.05) is 32.4 Å². The van der Waals surface area contributed by atoms with E-state index in [-0.39, 0.29) is 25.1 Å². The number of anilines is 1. The predicted molar refractivity (Wildman–Crippen MR) is 145 cm³/mol. The van der Waals surface area contributed by atoms with E-state index in [4.69, 9.17) is 14.2 Å². The third-order valence-electron chi connectivity index (χ3n) is 7.71. The van der Waals surface area contributed by atoms with E-state index in [1.54, 1.807) is 23.5 Å². The van der Waals surface area contributed by atoms with Gasteiger partial charge in [0.15, 0.2) is 11.5 Å². The number of ether oxygens (including phenoxy) is 3. The van der Waals surface area contributed by atoms with Crippen LogP contribution in [0.5, 0.6) is 11.5 Å². The summed E-state index contributed by atoms with van der Waals surface area (Å²) in [4.78, 5) is 13.6. The monoisotopic (exact) mass is 536 g/mol. The summed E-state index contributed by atoms with van der Waals surface area (Å²) in [5.41, 5.74) is 2.81. The van der Waals surface area contributed by atoms with E-state index in [1.165, 1.54) is 0 Å². The first-order chi connectivity index (χ1) is 18.4. The third kappa shape index (κ3) is 4.44. The molecule has 6 rings (SSSR count). The quantitative estimate of drug-likeness (QED) is 0.445. The van der Waals surface area contributed by atoms with Gasteiger partial charge in [-0.15, -0.1) is 0 Å². The molecule has 1 N–H and O–H groups in total. The van der Waals surface area contributed by atoms with Crippen molar-refractivity contribution in [3.05, 3.63) is 72.3 Å². The van der Waals surface area contributed by atoms with Gasteiger partial charge in [0, 0.05) is 26.8 Å². The second kappa shape index (κ2) is 9.72. The van der Waals surface area contributed by atoms with E-state index in [1.807, 2.05) is 54.6 Å². The first-order valence-corrected chi connectivity index (χ1v) is 14.3. The van der Waals surface area contributed by atoms with Gasteiger partial charge in [-0.1, -0.05) is 30.3 Å². The van der Waals surface area contributed by atoms with Crippen molar-refractivity contribution in [2.45, 2.75) is 42.0 Å². The number of rotatable bonds is 8. The van der Waals surface area contributed by atoms with Crippen LogP contribution in [0, 0.1) is 0 Å². The Kier molecular flexibility index (Phi) is 6.37. The fourth-order valence-corrected chi connectivity index (χ4v) is 7.11. The Morgan fingerprint density at radius 2 is 1.84 bits per heavy atom. The van der Waals surface area contributed by atoms with Crippen LogP contribution in [0.3, 0.4) is 0 Å². The number of nitrogens with one attached hydrogen (secondary N) is 1. The fourth-order valence-electron chi connectivity index (χ4n) is 5.43. The molecule has 1 saturated heterocycles. The van der Waals surface area contributed by atoms with Crippen LogP contribution in [-0.2, 0) is 25.0 Å². The molecule has 1 aliphatic carbocycles. The molecule has 9 heteroatoms. The molecule has 0 bridgehead atoms. The average molecular weight is 537 g/mol. The van der Waals surface area contributed by atoms with Crippen molar-refractivity contribution in [3.63, 3.8) is 0 Å². The van der Waals surface area contributed by atoms with E-state index in [0.29, 0.717) is 30.3 Å². The standard InChI is InChI=1S/C29H30N2O6S.H2/c1-35-18-24-6-3-15-31(24)38(33,34)25-10-7-20(8-11-25)21-4-2-5-23(16-21)30-28(32)29(13-14-29)22-9-12-26-27(17-22)37-19-36-26;/h2,4-5,7-12,16-17,24H,3,6,13-15,18-19H2,1H3,(H,30,32);1H/t24-;/m1./s1. The molecule has 1 saturated carbocycles. The van der Waals surface area contributed by atoms with Crippen LogP contribution in [0.25, 0.3) is 11.1 Å². The zero-order valence-corrected chi connectivity index (χ0v) is 22.0. The van der Waals surface area contributed by atoms with Gasteiger partial charge in [-0.3, -0.25) is 4.79 Å². The molecule has 200 valence electrons. The molecule has 0 spiro atoms. The van der Waals surface area contributed by atoms with Gasteiger partial charge in [-0.25, -0.2) is 8.42 Å². The highest BCUT2D eigenvalue weighted by atomic mass is 32.2. The smallest absolute Gasteiger partial charge is 0.243 e. The van der Waals surface area contributed by atoms with Crippen molar-refractivity contribution in [3.8, 4) is 22.6 Å². The van der Waals surface area contributed by atoms with Gasteiger partial charge in [0.05, 0.1) is 16.9 Å². The number of fused-ring (bicyclic) bond motifs is 1. The lowest BCUT2D eigenvalue weighted by molar-refractivity contribution is -0.118. The summed E-state index contributed by atoms with van der Waals surface area (Å²) in [5, 5.41) is 3.09. The number of carbonyl (C=O) groups is 1. The summed E-state index contributed by atoms with van der Waals surface area (Å²) < 4.78 is 44.1. The molecule has 3 aromatic rings. The first-order valence-electron chi connectivity index (χ1n) is 12.8. The van der Waals surface area contributed by atoms with E-state index in [0.717, 1.165) is 42.4 Å². The number of amides is 1. The van der Waals surface area contributed by atoms with Gasteiger partial charge in [0.25, 0.3) is 0 Å². The van der Waals surface area contributed by atoms with Gasteiger partial charge < -0.3 is 19.5 Å². The maximum absolute atomic E-state index is 13.3. The average Bonchev–Trinajstić information content (AvgIpc) is 3.37. The highest BCUT2D eigenvalue weighted by Crippen LogP contribution is 2.51. The molecular formula is C29H32N2O6S. The number of hydrogen-bond donors (Lipinski definition) is 1. The fraction of sp³-hybridized carbons (Fsp3) is 0.345. The van der Waals surface area contributed by atoms with E-state index >= 15 is 0 Å². The lowest BCUT2D eigenvalue weighted by atomic mass is 9.94. The summed E-state index contributed by atoms with van der Waals surface area (Å²) in [6, 6.07) is 20.1. The lowest BCUT2D eigenvalue weighted by Gasteiger charge is -2.23. The lowest BCUT2D eigenvalue weighted by Crippen LogP contribution is -2.38. The van der Waals surface area contributed by atoms with Crippen molar-refractivity contribution in [1.29, 1.82) is 0 Å². The summed E-state index contributed by atoms with van der Waals surface area (Å²) >= 11 is 0. The topological polar surface area (TPSA) is 94.2 Å². The Morgan fingerprint density at radius 3 is 2.61 bits per heavy atom. The first kappa shape index (κ1) is 24.9. The molecule has 1 amide bonds. The Bertz CT molecular complexity index is 1470.